The van der Waals surface area contributed by atoms with Crippen molar-refractivity contribution in [2.45, 2.75) is 19.8 Å². The van der Waals surface area contributed by atoms with Crippen molar-refractivity contribution in [3.8, 4) is 5.88 Å². The molecule has 0 N–H and O–H groups in total. The molecule has 1 aromatic rings. The molecular formula is C10H13NO3. The van der Waals surface area contributed by atoms with Gasteiger partial charge in [-0.1, -0.05) is 19.9 Å². The second kappa shape index (κ2) is 5.21. The predicted molar refractivity (Wildman–Crippen MR) is 51.4 cm³/mol. The smallest absolute Gasteiger partial charge is 0.254 e. The van der Waals surface area contributed by atoms with Crippen LogP contribution in [-0.2, 0) is 0 Å². The monoisotopic (exact) mass is 195 g/mol. The van der Waals surface area contributed by atoms with Crippen molar-refractivity contribution >= 4 is 5.78 Å². The van der Waals surface area contributed by atoms with Gasteiger partial charge < -0.3 is 9.26 Å². The van der Waals surface area contributed by atoms with Crippen LogP contribution >= 0.6 is 0 Å². The normalized spacial score (nSPS) is 9.79. The number of ether oxygens (including phenoxy) is 1. The molecule has 1 rings (SSSR count). The molecule has 0 spiro atoms. The number of hydrogen-bond donors (Lipinski definition) is 0. The molecule has 1 aromatic heterocycles. The van der Waals surface area contributed by atoms with Gasteiger partial charge in [0.25, 0.3) is 5.88 Å². The average molecular weight is 195 g/mol. The summed E-state index contributed by atoms with van der Waals surface area (Å²) < 4.78 is 9.98. The Labute approximate surface area is 82.5 Å². The van der Waals surface area contributed by atoms with Gasteiger partial charge in [0.2, 0.25) is 11.5 Å². The summed E-state index contributed by atoms with van der Waals surface area (Å²) in [5.74, 6) is 0.220. The van der Waals surface area contributed by atoms with Crippen LogP contribution in [-0.4, -0.2) is 17.5 Å². The van der Waals surface area contributed by atoms with Gasteiger partial charge >= 0.3 is 0 Å². The third-order valence-corrected chi connectivity index (χ3v) is 1.66. The van der Waals surface area contributed by atoms with E-state index in [0.717, 1.165) is 12.8 Å². The lowest BCUT2D eigenvalue weighted by atomic mass is 10.3. The molecule has 0 aliphatic rings. The molecule has 14 heavy (non-hydrogen) atoms. The van der Waals surface area contributed by atoms with E-state index in [1.807, 2.05) is 0 Å². The largest absolute Gasteiger partial charge is 0.475 e. The quantitative estimate of drug-likeness (QED) is 0.396. The summed E-state index contributed by atoms with van der Waals surface area (Å²) in [7, 11) is 0. The minimum Gasteiger partial charge on any atom is -0.475 e. The lowest BCUT2D eigenvalue weighted by molar-refractivity contribution is 0.101. The van der Waals surface area contributed by atoms with Gasteiger partial charge in [0.1, 0.15) is 0 Å². The summed E-state index contributed by atoms with van der Waals surface area (Å²) in [5.41, 5.74) is 0. The molecule has 0 saturated heterocycles. The SMILES string of the molecule is C=CC(=O)c1cc(OCCCC)no1. The zero-order valence-electron chi connectivity index (χ0n) is 8.16. The Bertz CT molecular complexity index is 317. The summed E-state index contributed by atoms with van der Waals surface area (Å²) in [4.78, 5) is 11.0. The van der Waals surface area contributed by atoms with Gasteiger partial charge in [-0.25, -0.2) is 0 Å². The van der Waals surface area contributed by atoms with Crippen LogP contribution in [0.25, 0.3) is 0 Å². The summed E-state index contributed by atoms with van der Waals surface area (Å²) in [6, 6.07) is 1.47. The van der Waals surface area contributed by atoms with Gasteiger partial charge in [-0.15, -0.1) is 0 Å². The van der Waals surface area contributed by atoms with Crippen LogP contribution in [0.2, 0.25) is 0 Å². The van der Waals surface area contributed by atoms with Crippen molar-refractivity contribution in [2.24, 2.45) is 0 Å². The highest BCUT2D eigenvalue weighted by atomic mass is 16.5. The molecule has 0 aliphatic carbocycles. The van der Waals surface area contributed by atoms with Crippen molar-refractivity contribution in [3.05, 3.63) is 24.5 Å². The number of ketones is 1. The van der Waals surface area contributed by atoms with E-state index in [2.05, 4.69) is 18.7 Å². The molecule has 4 heteroatoms. The van der Waals surface area contributed by atoms with Crippen molar-refractivity contribution in [1.82, 2.24) is 5.16 Å². The maximum Gasteiger partial charge on any atom is 0.254 e. The molecule has 0 bridgehead atoms. The molecule has 76 valence electrons. The number of allylic oxidation sites excluding steroid dienone is 1. The van der Waals surface area contributed by atoms with Crippen LogP contribution in [0.4, 0.5) is 0 Å². The van der Waals surface area contributed by atoms with E-state index in [1.54, 1.807) is 0 Å². The first-order valence-electron chi connectivity index (χ1n) is 4.54. The van der Waals surface area contributed by atoms with Crippen LogP contribution in [0.15, 0.2) is 23.2 Å². The first kappa shape index (κ1) is 10.5. The molecule has 0 fully saturated rings. The zero-order chi connectivity index (χ0) is 10.4. The number of hydrogen-bond acceptors (Lipinski definition) is 4. The van der Waals surface area contributed by atoms with Gasteiger partial charge in [0, 0.05) is 0 Å². The number of aromatic nitrogens is 1. The van der Waals surface area contributed by atoms with Crippen molar-refractivity contribution in [3.63, 3.8) is 0 Å². The molecule has 0 aromatic carbocycles. The summed E-state index contributed by atoms with van der Waals surface area (Å²) in [6.45, 7) is 6.00. The van der Waals surface area contributed by atoms with Crippen LogP contribution in [0, 0.1) is 0 Å². The molecule has 0 amide bonds. The van der Waals surface area contributed by atoms with Crippen LogP contribution in [0.3, 0.4) is 0 Å². The van der Waals surface area contributed by atoms with E-state index < -0.39 is 0 Å². The zero-order valence-corrected chi connectivity index (χ0v) is 8.16. The Morgan fingerprint density at radius 2 is 2.57 bits per heavy atom. The lowest BCUT2D eigenvalue weighted by Crippen LogP contribution is -1.96. The molecule has 4 nitrogen and oxygen atoms in total. The number of carbonyl (C=O) groups is 1. The van der Waals surface area contributed by atoms with E-state index >= 15 is 0 Å². The first-order chi connectivity index (χ1) is 6.77. The van der Waals surface area contributed by atoms with E-state index in [-0.39, 0.29) is 11.5 Å². The molecule has 0 atom stereocenters. The maximum absolute atomic E-state index is 11.0. The molecule has 1 heterocycles. The summed E-state index contributed by atoms with van der Waals surface area (Å²) in [6.07, 6.45) is 3.18. The van der Waals surface area contributed by atoms with Gasteiger partial charge in [0.15, 0.2) is 0 Å². The summed E-state index contributed by atoms with van der Waals surface area (Å²) >= 11 is 0. The molecule has 0 saturated carbocycles. The van der Waals surface area contributed by atoms with Crippen molar-refractivity contribution < 1.29 is 14.1 Å². The molecule has 0 aliphatic heterocycles. The maximum atomic E-state index is 11.0. The van der Waals surface area contributed by atoms with Gasteiger partial charge in [-0.3, -0.25) is 4.79 Å². The Balaban J connectivity index is 2.50. The van der Waals surface area contributed by atoms with E-state index in [4.69, 9.17) is 9.26 Å². The summed E-state index contributed by atoms with van der Waals surface area (Å²) in [5, 5.41) is 3.59. The highest BCUT2D eigenvalue weighted by Gasteiger charge is 2.09. The fourth-order valence-corrected chi connectivity index (χ4v) is 0.865. The van der Waals surface area contributed by atoms with Gasteiger partial charge in [-0.05, 0) is 17.7 Å². The molecule has 0 radical (unpaired) electrons. The van der Waals surface area contributed by atoms with E-state index in [0.29, 0.717) is 12.5 Å². The highest BCUT2D eigenvalue weighted by Crippen LogP contribution is 2.12. The van der Waals surface area contributed by atoms with Crippen molar-refractivity contribution in [1.29, 1.82) is 0 Å². The standard InChI is InChI=1S/C10H13NO3/c1-3-5-6-13-10-7-9(14-11-10)8(12)4-2/h4,7H,2-3,5-6H2,1H3. The highest BCUT2D eigenvalue weighted by molar-refractivity contribution is 6.01. The van der Waals surface area contributed by atoms with Crippen LogP contribution in [0.5, 0.6) is 5.88 Å². The molecule has 0 unspecified atom stereocenters. The van der Waals surface area contributed by atoms with Crippen molar-refractivity contribution in [2.75, 3.05) is 6.61 Å². The second-order valence-electron chi connectivity index (χ2n) is 2.80. The van der Waals surface area contributed by atoms with Gasteiger partial charge in [0.05, 0.1) is 12.7 Å². The lowest BCUT2D eigenvalue weighted by Gasteiger charge is -1.97. The van der Waals surface area contributed by atoms with E-state index in [9.17, 15) is 4.79 Å². The predicted octanol–water partition coefficient (Wildman–Crippen LogP) is 2.22. The topological polar surface area (TPSA) is 52.3 Å². The Hall–Kier alpha value is -1.58. The number of rotatable bonds is 6. The third-order valence-electron chi connectivity index (χ3n) is 1.66. The minimum atomic E-state index is -0.289. The first-order valence-corrected chi connectivity index (χ1v) is 4.54. The number of unbranched alkanes of at least 4 members (excludes halogenated alkanes) is 1. The van der Waals surface area contributed by atoms with Crippen LogP contribution < -0.4 is 4.74 Å². The van der Waals surface area contributed by atoms with Crippen LogP contribution in [0.1, 0.15) is 30.3 Å². The Morgan fingerprint density at radius 3 is 3.21 bits per heavy atom. The number of nitrogens with zero attached hydrogens (tertiary/aromatic N) is 1. The Kier molecular flexibility index (Phi) is 3.91. The fourth-order valence-electron chi connectivity index (χ4n) is 0.865. The minimum absolute atomic E-state index is 0.159. The average Bonchev–Trinajstić information content (AvgIpc) is 2.66. The fraction of sp³-hybridized carbons (Fsp3) is 0.400. The van der Waals surface area contributed by atoms with E-state index in [1.165, 1.54) is 12.1 Å². The number of carbonyl (C=O) groups excluding carboxylic acids is 1. The Morgan fingerprint density at radius 1 is 1.79 bits per heavy atom. The second-order valence-corrected chi connectivity index (χ2v) is 2.80. The third kappa shape index (κ3) is 2.73. The molecular weight excluding hydrogens is 182 g/mol. The van der Waals surface area contributed by atoms with Gasteiger partial charge in [-0.2, -0.15) is 0 Å².